The van der Waals surface area contributed by atoms with Gasteiger partial charge in [-0.1, -0.05) is 43.2 Å². The van der Waals surface area contributed by atoms with Crippen LogP contribution < -0.4 is 5.32 Å². The molecular formula is C25H29ClF3N3OSi. The Morgan fingerprint density at radius 3 is 2.47 bits per heavy atom. The van der Waals surface area contributed by atoms with Crippen LogP contribution in [0.3, 0.4) is 0 Å². The minimum atomic E-state index is -4.47. The lowest BCUT2D eigenvalue weighted by Gasteiger charge is -2.33. The normalized spacial score (nSPS) is 20.6. The number of alkyl halides is 3. The van der Waals surface area contributed by atoms with Crippen LogP contribution in [0.2, 0.25) is 24.7 Å². The van der Waals surface area contributed by atoms with E-state index in [1.165, 1.54) is 18.2 Å². The third-order valence-electron chi connectivity index (χ3n) is 5.44. The molecule has 0 bridgehead atoms. The Morgan fingerprint density at radius 1 is 1.18 bits per heavy atom. The molecule has 4 nitrogen and oxygen atoms in total. The van der Waals surface area contributed by atoms with Crippen LogP contribution in [0, 0.1) is 17.4 Å². The van der Waals surface area contributed by atoms with E-state index in [0.29, 0.717) is 23.7 Å². The molecule has 0 radical (unpaired) electrons. The summed E-state index contributed by atoms with van der Waals surface area (Å²) in [5.41, 5.74) is 4.27. The predicted octanol–water partition coefficient (Wildman–Crippen LogP) is 5.06. The largest absolute Gasteiger partial charge is 0.399 e. The molecule has 1 aromatic rings. The van der Waals surface area contributed by atoms with E-state index >= 15 is 0 Å². The molecule has 1 aliphatic heterocycles. The second-order valence-corrected chi connectivity index (χ2v) is 14.7. The zero-order chi connectivity index (χ0) is 25.1. The number of allylic oxidation sites excluding steroid dienone is 4. The van der Waals surface area contributed by atoms with Gasteiger partial charge in [-0.25, -0.2) is 0 Å². The third kappa shape index (κ3) is 7.26. The fraction of sp³-hybridized carbons (Fsp3) is 0.400. The van der Waals surface area contributed by atoms with E-state index in [1.54, 1.807) is 18.3 Å². The van der Waals surface area contributed by atoms with Crippen LogP contribution in [0.25, 0.3) is 0 Å². The highest BCUT2D eigenvalue weighted by Crippen LogP contribution is 2.37. The molecule has 1 unspecified atom stereocenters. The molecule has 1 N–H and O–H groups in total. The topological polar surface area (TPSA) is 35.6 Å². The zero-order valence-corrected chi connectivity index (χ0v) is 21.5. The highest BCUT2D eigenvalue weighted by molar-refractivity contribution is 6.83. The number of halogens is 4. The van der Waals surface area contributed by atoms with Gasteiger partial charge in [0, 0.05) is 49.2 Å². The number of nitrogens with one attached hydrogen (secondary N) is 1. The van der Waals surface area contributed by atoms with E-state index in [0.717, 1.165) is 19.2 Å². The molecular weight excluding hydrogens is 479 g/mol. The van der Waals surface area contributed by atoms with E-state index in [1.807, 2.05) is 11.9 Å². The Labute approximate surface area is 205 Å². The number of hydrogen-bond acceptors (Lipinski definition) is 3. The molecule has 34 heavy (non-hydrogen) atoms. The molecule has 182 valence electrons. The maximum Gasteiger partial charge on any atom is 0.399 e. The summed E-state index contributed by atoms with van der Waals surface area (Å²) in [6.07, 6.45) is 1.10. The minimum absolute atomic E-state index is 0.104. The monoisotopic (exact) mass is 507 g/mol. The van der Waals surface area contributed by atoms with E-state index in [9.17, 15) is 18.0 Å². The number of piperazine rings is 1. The number of likely N-dealkylation sites (N-methyl/N-ethyl adjacent to an activating group) is 1. The van der Waals surface area contributed by atoms with Gasteiger partial charge in [-0.2, -0.15) is 13.2 Å². The van der Waals surface area contributed by atoms with Crippen molar-refractivity contribution in [3.63, 3.8) is 0 Å². The van der Waals surface area contributed by atoms with Crippen LogP contribution in [-0.4, -0.2) is 63.2 Å². The van der Waals surface area contributed by atoms with Gasteiger partial charge in [-0.15, -0.1) is 5.54 Å². The lowest BCUT2D eigenvalue weighted by atomic mass is 9.92. The van der Waals surface area contributed by atoms with Crippen LogP contribution in [0.1, 0.15) is 15.9 Å². The standard InChI is InChI=1S/C25H29ClF3N3OSi/c1-31-10-12-32(13-11-31)17-20-5-7-21(16-22(20)25(27,28)29)30-24(33)19-6-8-23(26)18(15-19)9-14-34(2,3)4/h5-8,15-17,22H,10-13H2,1-4H3,(H,30,33). The van der Waals surface area contributed by atoms with Crippen molar-refractivity contribution in [1.82, 2.24) is 15.1 Å². The number of rotatable bonds is 3. The maximum atomic E-state index is 13.8. The Hall–Kier alpha value is -2.47. The molecule has 3 rings (SSSR count). The first-order chi connectivity index (χ1) is 15.8. The van der Waals surface area contributed by atoms with Crippen molar-refractivity contribution in [2.24, 2.45) is 5.92 Å². The van der Waals surface area contributed by atoms with E-state index in [4.69, 9.17) is 11.6 Å². The highest BCUT2D eigenvalue weighted by atomic mass is 35.5. The minimum Gasteiger partial charge on any atom is -0.375 e. The number of carbonyl (C=O) groups excluding carboxylic acids is 1. The van der Waals surface area contributed by atoms with E-state index in [-0.39, 0.29) is 16.8 Å². The zero-order valence-electron chi connectivity index (χ0n) is 19.8. The van der Waals surface area contributed by atoms with Gasteiger partial charge in [0.15, 0.2) is 0 Å². The van der Waals surface area contributed by atoms with Gasteiger partial charge in [0.2, 0.25) is 0 Å². The van der Waals surface area contributed by atoms with Crippen LogP contribution >= 0.6 is 11.6 Å². The molecule has 1 fully saturated rings. The average Bonchev–Trinajstić information content (AvgIpc) is 2.74. The summed E-state index contributed by atoms with van der Waals surface area (Å²) in [4.78, 5) is 16.8. The number of hydrogen-bond donors (Lipinski definition) is 1. The lowest BCUT2D eigenvalue weighted by molar-refractivity contribution is -0.151. The quantitative estimate of drug-likeness (QED) is 0.459. The number of benzene rings is 1. The van der Waals surface area contributed by atoms with Gasteiger partial charge in [0.1, 0.15) is 14.0 Å². The van der Waals surface area contributed by atoms with Crippen LogP contribution in [0.5, 0.6) is 0 Å². The first-order valence-electron chi connectivity index (χ1n) is 11.1. The number of nitrogens with zero attached hydrogens (tertiary/aromatic N) is 2. The highest BCUT2D eigenvalue weighted by Gasteiger charge is 2.41. The van der Waals surface area contributed by atoms with Crippen LogP contribution in [0.15, 0.2) is 53.9 Å². The van der Waals surface area contributed by atoms with Crippen molar-refractivity contribution < 1.29 is 18.0 Å². The van der Waals surface area contributed by atoms with Gasteiger partial charge in [0.25, 0.3) is 5.91 Å². The van der Waals surface area contributed by atoms with Gasteiger partial charge in [-0.05, 0) is 43.0 Å². The predicted molar refractivity (Wildman–Crippen MR) is 133 cm³/mol. The molecule has 1 atom stereocenters. The molecule has 0 spiro atoms. The molecule has 1 aromatic carbocycles. The maximum absolute atomic E-state index is 13.8. The molecule has 9 heteroatoms. The second-order valence-electron chi connectivity index (χ2n) is 9.59. The molecule has 1 amide bonds. The Balaban J connectivity index is 1.79. The second kappa shape index (κ2) is 10.4. The van der Waals surface area contributed by atoms with Crippen molar-refractivity contribution in [2.45, 2.75) is 25.8 Å². The van der Waals surface area contributed by atoms with Crippen molar-refractivity contribution >= 4 is 25.6 Å². The molecule has 1 heterocycles. The van der Waals surface area contributed by atoms with Crippen molar-refractivity contribution in [2.75, 3.05) is 33.2 Å². The summed E-state index contributed by atoms with van der Waals surface area (Å²) >= 11 is 6.22. The summed E-state index contributed by atoms with van der Waals surface area (Å²) in [6.45, 7) is 9.22. The van der Waals surface area contributed by atoms with Gasteiger partial charge in [0.05, 0.1) is 5.02 Å². The molecule has 0 aromatic heterocycles. The summed E-state index contributed by atoms with van der Waals surface area (Å²) in [5.74, 6) is 0.720. The SMILES string of the molecule is CN1CCN(C=C2C=CC(NC(=O)c3ccc(Cl)c(C#C[Si](C)(C)C)c3)=CC2C(F)(F)F)CC1. The third-order valence-corrected chi connectivity index (χ3v) is 6.65. The Bertz CT molecular complexity index is 1090. The first-order valence-corrected chi connectivity index (χ1v) is 14.9. The summed E-state index contributed by atoms with van der Waals surface area (Å²) in [5, 5.41) is 3.02. The van der Waals surface area contributed by atoms with Crippen LogP contribution in [-0.2, 0) is 0 Å². The molecule has 2 aliphatic rings. The fourth-order valence-corrected chi connectivity index (χ4v) is 4.17. The Kier molecular flexibility index (Phi) is 8.01. The Morgan fingerprint density at radius 2 is 1.85 bits per heavy atom. The van der Waals surface area contributed by atoms with Gasteiger partial charge >= 0.3 is 6.18 Å². The molecule has 1 aliphatic carbocycles. The summed E-state index contributed by atoms with van der Waals surface area (Å²) in [6, 6.07) is 4.67. The van der Waals surface area contributed by atoms with Crippen molar-refractivity contribution in [3.05, 3.63) is 70.0 Å². The molecule has 1 saturated heterocycles. The fourth-order valence-electron chi connectivity index (χ4n) is 3.49. The summed E-state index contributed by atoms with van der Waals surface area (Å²) < 4.78 is 41.5. The average molecular weight is 508 g/mol. The van der Waals surface area contributed by atoms with Crippen molar-refractivity contribution in [3.8, 4) is 11.5 Å². The smallest absolute Gasteiger partial charge is 0.375 e. The van der Waals surface area contributed by atoms with Gasteiger partial charge < -0.3 is 15.1 Å². The lowest BCUT2D eigenvalue weighted by Crippen LogP contribution is -2.42. The van der Waals surface area contributed by atoms with Gasteiger partial charge in [-0.3, -0.25) is 4.79 Å². The number of amides is 1. The number of carbonyl (C=O) groups is 1. The first kappa shape index (κ1) is 26.1. The van der Waals surface area contributed by atoms with E-state index < -0.39 is 26.1 Å². The molecule has 0 saturated carbocycles. The van der Waals surface area contributed by atoms with Crippen molar-refractivity contribution in [1.29, 1.82) is 0 Å². The van der Waals surface area contributed by atoms with E-state index in [2.05, 4.69) is 41.3 Å². The van der Waals surface area contributed by atoms with Crippen LogP contribution in [0.4, 0.5) is 13.2 Å². The summed E-state index contributed by atoms with van der Waals surface area (Å²) in [7, 11) is 0.339.